The molecule has 0 aliphatic heterocycles. The molecule has 0 aromatic heterocycles. The molecule has 0 aliphatic carbocycles. The van der Waals surface area contributed by atoms with Crippen LogP contribution in [-0.2, 0) is 10.2 Å². The lowest BCUT2D eigenvalue weighted by molar-refractivity contribution is 0.449. The molecule has 48 valence electrons. The molecule has 1 atom stereocenters. The van der Waals surface area contributed by atoms with Crippen LogP contribution >= 0.6 is 0 Å². The van der Waals surface area contributed by atoms with Crippen molar-refractivity contribution in [3.8, 4) is 0 Å². The molecular formula is C3H4F2O2S. The van der Waals surface area contributed by atoms with E-state index < -0.39 is 15.7 Å². The summed E-state index contributed by atoms with van der Waals surface area (Å²) in [5.41, 5.74) is -2.58. The molecule has 0 spiro atoms. The fraction of sp³-hybridized carbons (Fsp3) is 0.333. The highest BCUT2D eigenvalue weighted by molar-refractivity contribution is 7.87. The van der Waals surface area contributed by atoms with Crippen molar-refractivity contribution in [3.63, 3.8) is 0 Å². The molecule has 2 nitrogen and oxygen atoms in total. The quantitative estimate of drug-likeness (QED) is 0.421. The Morgan fingerprint density at radius 3 is 2.00 bits per heavy atom. The zero-order valence-electron chi connectivity index (χ0n) is 3.84. The molecule has 5 heteroatoms. The van der Waals surface area contributed by atoms with E-state index in [4.69, 9.17) is 0 Å². The number of hydrogen-bond acceptors (Lipinski definition) is 2. The Morgan fingerprint density at radius 2 is 2.00 bits per heavy atom. The number of hydrogen-bond donors (Lipinski definition) is 0. The highest BCUT2D eigenvalue weighted by Crippen LogP contribution is 2.04. The van der Waals surface area contributed by atoms with Crippen LogP contribution in [-0.4, -0.2) is 13.9 Å². The average molecular weight is 142 g/mol. The van der Waals surface area contributed by atoms with Crippen LogP contribution < -0.4 is 0 Å². The fourth-order valence-electron chi connectivity index (χ4n) is 0.115. The van der Waals surface area contributed by atoms with E-state index in [2.05, 4.69) is 6.58 Å². The van der Waals surface area contributed by atoms with E-state index >= 15 is 0 Å². The minimum Gasteiger partial charge on any atom is -0.222 e. The standard InChI is InChI=1S/C3H4F2O2S/c1-2-3(4)8(5,6)7/h2-3H,1H2. The summed E-state index contributed by atoms with van der Waals surface area (Å²) in [7, 11) is -5.04. The zero-order valence-corrected chi connectivity index (χ0v) is 4.66. The van der Waals surface area contributed by atoms with Gasteiger partial charge in [0.25, 0.3) is 0 Å². The fourth-order valence-corrected chi connectivity index (χ4v) is 0.345. The molecule has 8 heavy (non-hydrogen) atoms. The first-order valence-corrected chi connectivity index (χ1v) is 3.13. The molecule has 0 N–H and O–H groups in total. The molecule has 0 radical (unpaired) electrons. The van der Waals surface area contributed by atoms with Gasteiger partial charge in [0.2, 0.25) is 5.50 Å². The largest absolute Gasteiger partial charge is 0.338 e. The molecule has 0 aromatic rings. The van der Waals surface area contributed by atoms with E-state index in [1.807, 2.05) is 0 Å². The van der Waals surface area contributed by atoms with Gasteiger partial charge in [-0.3, -0.25) is 0 Å². The van der Waals surface area contributed by atoms with E-state index in [1.165, 1.54) is 0 Å². The van der Waals surface area contributed by atoms with Crippen LogP contribution in [0.4, 0.5) is 8.28 Å². The predicted octanol–water partition coefficient (Wildman–Crippen LogP) is 0.767. The lowest BCUT2D eigenvalue weighted by Gasteiger charge is -1.90. The van der Waals surface area contributed by atoms with Crippen molar-refractivity contribution in [1.82, 2.24) is 0 Å². The molecule has 1 unspecified atom stereocenters. The maximum Gasteiger partial charge on any atom is 0.338 e. The zero-order chi connectivity index (χ0) is 6.78. The summed E-state index contributed by atoms with van der Waals surface area (Å²) in [4.78, 5) is 0. The molecule has 0 bridgehead atoms. The molecule has 0 rings (SSSR count). The Kier molecular flexibility index (Phi) is 2.09. The summed E-state index contributed by atoms with van der Waals surface area (Å²) in [5, 5.41) is 0. The Morgan fingerprint density at radius 1 is 1.62 bits per heavy atom. The summed E-state index contributed by atoms with van der Waals surface area (Å²) >= 11 is 0. The third-order valence-electron chi connectivity index (χ3n) is 0.454. The van der Waals surface area contributed by atoms with Crippen molar-refractivity contribution in [2.45, 2.75) is 5.50 Å². The van der Waals surface area contributed by atoms with Crippen molar-refractivity contribution in [3.05, 3.63) is 12.7 Å². The van der Waals surface area contributed by atoms with Crippen LogP contribution in [0, 0.1) is 0 Å². The van der Waals surface area contributed by atoms with Crippen molar-refractivity contribution < 1.29 is 16.7 Å². The first-order valence-electron chi connectivity index (χ1n) is 1.68. The number of halogens is 2. The van der Waals surface area contributed by atoms with Crippen LogP contribution in [0.5, 0.6) is 0 Å². The molecule has 0 fully saturated rings. The van der Waals surface area contributed by atoms with Gasteiger partial charge in [0.05, 0.1) is 0 Å². The second-order valence-electron chi connectivity index (χ2n) is 1.06. The summed E-state index contributed by atoms with van der Waals surface area (Å²) in [5.74, 6) is 0. The van der Waals surface area contributed by atoms with Gasteiger partial charge in [0.1, 0.15) is 0 Å². The predicted molar refractivity (Wildman–Crippen MR) is 25.1 cm³/mol. The second kappa shape index (κ2) is 2.21. The van der Waals surface area contributed by atoms with Crippen molar-refractivity contribution in [2.75, 3.05) is 0 Å². The Bertz CT molecular complexity index is 172. The van der Waals surface area contributed by atoms with Crippen LogP contribution in [0.25, 0.3) is 0 Å². The topological polar surface area (TPSA) is 34.1 Å². The van der Waals surface area contributed by atoms with Crippen molar-refractivity contribution in [1.29, 1.82) is 0 Å². The van der Waals surface area contributed by atoms with Gasteiger partial charge >= 0.3 is 10.2 Å². The normalized spacial score (nSPS) is 15.2. The van der Waals surface area contributed by atoms with Gasteiger partial charge < -0.3 is 0 Å². The SMILES string of the molecule is C=CC(F)S(=O)(=O)F. The minimum absolute atomic E-state index is 0.370. The lowest BCUT2D eigenvalue weighted by Crippen LogP contribution is -2.05. The van der Waals surface area contributed by atoms with Gasteiger partial charge in [0, 0.05) is 0 Å². The van der Waals surface area contributed by atoms with Gasteiger partial charge in [-0.1, -0.05) is 6.58 Å². The van der Waals surface area contributed by atoms with Crippen molar-refractivity contribution in [2.24, 2.45) is 0 Å². The first-order chi connectivity index (χ1) is 3.48. The van der Waals surface area contributed by atoms with Gasteiger partial charge in [0.15, 0.2) is 0 Å². The summed E-state index contributed by atoms with van der Waals surface area (Å²) in [6.07, 6.45) is 0.370. The van der Waals surface area contributed by atoms with E-state index in [1.54, 1.807) is 0 Å². The molecule has 0 saturated carbocycles. The third-order valence-corrected chi connectivity index (χ3v) is 1.18. The maximum atomic E-state index is 11.6. The van der Waals surface area contributed by atoms with Crippen LogP contribution in [0.1, 0.15) is 0 Å². The number of rotatable bonds is 2. The second-order valence-corrected chi connectivity index (χ2v) is 2.46. The maximum absolute atomic E-state index is 11.6. The van der Waals surface area contributed by atoms with E-state index in [9.17, 15) is 16.7 Å². The summed E-state index contributed by atoms with van der Waals surface area (Å²) < 4.78 is 41.8. The van der Waals surface area contributed by atoms with E-state index in [0.717, 1.165) is 0 Å². The van der Waals surface area contributed by atoms with Crippen LogP contribution in [0.3, 0.4) is 0 Å². The molecule has 0 aromatic carbocycles. The van der Waals surface area contributed by atoms with Gasteiger partial charge in [-0.25, -0.2) is 4.39 Å². The average Bonchev–Trinajstić information content (AvgIpc) is 1.62. The minimum atomic E-state index is -5.04. The highest BCUT2D eigenvalue weighted by atomic mass is 32.3. The lowest BCUT2D eigenvalue weighted by atomic mass is 10.7. The van der Waals surface area contributed by atoms with E-state index in [0.29, 0.717) is 6.08 Å². The highest BCUT2D eigenvalue weighted by Gasteiger charge is 2.18. The molecular weight excluding hydrogens is 138 g/mol. The Balaban J connectivity index is 4.26. The van der Waals surface area contributed by atoms with Crippen molar-refractivity contribution >= 4 is 10.2 Å². The molecule has 0 saturated heterocycles. The van der Waals surface area contributed by atoms with Gasteiger partial charge in [-0.05, 0) is 6.08 Å². The Hall–Kier alpha value is -0.450. The van der Waals surface area contributed by atoms with Crippen LogP contribution in [0.2, 0.25) is 0 Å². The smallest absolute Gasteiger partial charge is 0.222 e. The van der Waals surface area contributed by atoms with E-state index in [-0.39, 0.29) is 0 Å². The van der Waals surface area contributed by atoms with Crippen LogP contribution in [0.15, 0.2) is 12.7 Å². The molecule has 0 aliphatic rings. The summed E-state index contributed by atoms with van der Waals surface area (Å²) in [6, 6.07) is 0. The number of alkyl halides is 1. The monoisotopic (exact) mass is 142 g/mol. The van der Waals surface area contributed by atoms with Gasteiger partial charge in [-0.15, -0.1) is 3.89 Å². The summed E-state index contributed by atoms with van der Waals surface area (Å²) in [6.45, 7) is 2.73. The first kappa shape index (κ1) is 7.55. The van der Waals surface area contributed by atoms with Gasteiger partial charge in [-0.2, -0.15) is 8.42 Å². The third kappa shape index (κ3) is 2.02. The molecule has 0 amide bonds. The Labute approximate surface area is 46.0 Å². The molecule has 0 heterocycles.